The lowest BCUT2D eigenvalue weighted by Crippen LogP contribution is -2.21. The first-order valence-electron chi connectivity index (χ1n) is 6.86. The van der Waals surface area contributed by atoms with E-state index in [0.717, 1.165) is 0 Å². The van der Waals surface area contributed by atoms with Crippen LogP contribution in [-0.2, 0) is 9.53 Å². The Kier molecular flexibility index (Phi) is 4.68. The second-order valence-corrected chi connectivity index (χ2v) is 5.87. The van der Waals surface area contributed by atoms with E-state index >= 15 is 0 Å². The van der Waals surface area contributed by atoms with Crippen LogP contribution in [0.25, 0.3) is 6.08 Å². The van der Waals surface area contributed by atoms with Gasteiger partial charge in [0.1, 0.15) is 0 Å². The van der Waals surface area contributed by atoms with Crippen LogP contribution in [-0.4, -0.2) is 25.6 Å². The number of cyclic esters (lactones) is 1. The molecule has 0 radical (unpaired) electrons. The highest BCUT2D eigenvalue weighted by Gasteiger charge is 2.31. The average Bonchev–Trinajstić information content (AvgIpc) is 2.81. The second kappa shape index (κ2) is 6.36. The van der Waals surface area contributed by atoms with Gasteiger partial charge in [-0.3, -0.25) is 0 Å². The van der Waals surface area contributed by atoms with Crippen LogP contribution in [0.15, 0.2) is 28.9 Å². The minimum absolute atomic E-state index is 0.0856. The van der Waals surface area contributed by atoms with Gasteiger partial charge in [0.25, 0.3) is 0 Å². The number of hydrogen-bond acceptors (Lipinski definition) is 5. The first-order chi connectivity index (χ1) is 10.7. The molecule has 0 aliphatic carbocycles. The van der Waals surface area contributed by atoms with Crippen molar-refractivity contribution in [3.63, 3.8) is 0 Å². The molecule has 0 fully saturated rings. The van der Waals surface area contributed by atoms with E-state index in [2.05, 4.69) is 9.73 Å². The van der Waals surface area contributed by atoms with E-state index in [1.54, 1.807) is 0 Å². The van der Waals surface area contributed by atoms with E-state index < -0.39 is 18.0 Å². The maximum absolute atomic E-state index is 12.3. The summed E-state index contributed by atoms with van der Waals surface area (Å²) in [4.78, 5) is 16.0. The molecule has 7 heteroatoms. The van der Waals surface area contributed by atoms with E-state index in [1.807, 2.05) is 20.8 Å². The summed E-state index contributed by atoms with van der Waals surface area (Å²) < 4.78 is 39.1. The highest BCUT2D eigenvalue weighted by Crippen LogP contribution is 2.31. The predicted octanol–water partition coefficient (Wildman–Crippen LogP) is 3.64. The number of halogens is 2. The van der Waals surface area contributed by atoms with Crippen LogP contribution in [0.1, 0.15) is 26.3 Å². The predicted molar refractivity (Wildman–Crippen MR) is 80.6 cm³/mol. The molecule has 5 nitrogen and oxygen atoms in total. The summed E-state index contributed by atoms with van der Waals surface area (Å²) in [5.41, 5.74) is 0.298. The van der Waals surface area contributed by atoms with Gasteiger partial charge < -0.3 is 14.2 Å². The lowest BCUT2D eigenvalue weighted by atomic mass is 9.97. The summed E-state index contributed by atoms with van der Waals surface area (Å²) >= 11 is 0. The molecular weight excluding hydrogens is 308 g/mol. The third-order valence-corrected chi connectivity index (χ3v) is 2.97. The van der Waals surface area contributed by atoms with Crippen molar-refractivity contribution in [1.29, 1.82) is 0 Å². The molecule has 1 aliphatic heterocycles. The van der Waals surface area contributed by atoms with E-state index in [1.165, 1.54) is 31.4 Å². The van der Waals surface area contributed by atoms with Crippen molar-refractivity contribution < 1.29 is 27.8 Å². The van der Waals surface area contributed by atoms with Crippen molar-refractivity contribution in [2.24, 2.45) is 10.4 Å². The molecule has 0 N–H and O–H groups in total. The van der Waals surface area contributed by atoms with Crippen LogP contribution in [0.5, 0.6) is 11.5 Å². The third-order valence-electron chi connectivity index (χ3n) is 2.97. The molecule has 0 amide bonds. The topological polar surface area (TPSA) is 57.1 Å². The van der Waals surface area contributed by atoms with Gasteiger partial charge in [-0.1, -0.05) is 26.8 Å². The monoisotopic (exact) mass is 325 g/mol. The fraction of sp³-hybridized carbons (Fsp3) is 0.375. The number of hydrogen-bond donors (Lipinski definition) is 0. The summed E-state index contributed by atoms with van der Waals surface area (Å²) in [5.74, 6) is -0.177. The lowest BCUT2D eigenvalue weighted by molar-refractivity contribution is -0.130. The van der Waals surface area contributed by atoms with Gasteiger partial charge in [0.05, 0.1) is 7.11 Å². The van der Waals surface area contributed by atoms with E-state index in [0.29, 0.717) is 11.5 Å². The van der Waals surface area contributed by atoms with Crippen LogP contribution in [0.3, 0.4) is 0 Å². The van der Waals surface area contributed by atoms with Crippen molar-refractivity contribution in [3.8, 4) is 11.5 Å². The van der Waals surface area contributed by atoms with Crippen molar-refractivity contribution in [2.75, 3.05) is 7.11 Å². The molecule has 2 rings (SSSR count). The molecule has 23 heavy (non-hydrogen) atoms. The summed E-state index contributed by atoms with van der Waals surface area (Å²) in [6, 6.07) is 4.33. The molecule has 0 aromatic heterocycles. The average molecular weight is 325 g/mol. The number of methoxy groups -OCH3 is 1. The van der Waals surface area contributed by atoms with Gasteiger partial charge in [0.2, 0.25) is 5.90 Å². The first kappa shape index (κ1) is 16.9. The zero-order valence-electron chi connectivity index (χ0n) is 13.2. The fourth-order valence-electron chi connectivity index (χ4n) is 1.86. The zero-order valence-corrected chi connectivity index (χ0v) is 13.2. The van der Waals surface area contributed by atoms with Crippen LogP contribution >= 0.6 is 0 Å². The first-order valence-corrected chi connectivity index (χ1v) is 6.86. The molecular formula is C16H17F2NO4. The van der Waals surface area contributed by atoms with Gasteiger partial charge in [-0.05, 0) is 23.8 Å². The molecule has 1 aromatic rings. The summed E-state index contributed by atoms with van der Waals surface area (Å²) in [6.45, 7) is 2.68. The van der Waals surface area contributed by atoms with Crippen molar-refractivity contribution in [1.82, 2.24) is 0 Å². The van der Waals surface area contributed by atoms with Crippen LogP contribution in [0, 0.1) is 5.41 Å². The third kappa shape index (κ3) is 4.06. The van der Waals surface area contributed by atoms with Crippen molar-refractivity contribution in [3.05, 3.63) is 29.5 Å². The van der Waals surface area contributed by atoms with Crippen molar-refractivity contribution in [2.45, 2.75) is 27.4 Å². The summed E-state index contributed by atoms with van der Waals surface area (Å²) in [6.07, 6.45) is 1.50. The molecule has 1 heterocycles. The Hall–Kier alpha value is -2.44. The minimum atomic E-state index is -2.95. The van der Waals surface area contributed by atoms with Gasteiger partial charge in [-0.25, -0.2) is 9.79 Å². The number of esters is 1. The summed E-state index contributed by atoms with van der Waals surface area (Å²) in [5, 5.41) is 0. The zero-order chi connectivity index (χ0) is 17.2. The molecule has 124 valence electrons. The molecule has 0 atom stereocenters. The smallest absolute Gasteiger partial charge is 0.387 e. The molecule has 0 unspecified atom stereocenters. The largest absolute Gasteiger partial charge is 0.493 e. The number of nitrogens with zero attached hydrogens (tertiary/aromatic N) is 1. The number of aliphatic imine (C=N–C) groups is 1. The Balaban J connectivity index is 2.32. The van der Waals surface area contributed by atoms with Crippen molar-refractivity contribution >= 4 is 17.9 Å². The number of alkyl halides is 2. The number of carbonyl (C=O) groups is 1. The maximum atomic E-state index is 12.3. The van der Waals surface area contributed by atoms with Gasteiger partial charge in [0, 0.05) is 5.41 Å². The number of rotatable bonds is 4. The minimum Gasteiger partial charge on any atom is -0.493 e. The Morgan fingerprint density at radius 2 is 1.96 bits per heavy atom. The second-order valence-electron chi connectivity index (χ2n) is 5.87. The maximum Gasteiger partial charge on any atom is 0.387 e. The Morgan fingerprint density at radius 3 is 2.48 bits per heavy atom. The molecule has 0 saturated heterocycles. The highest BCUT2D eigenvalue weighted by molar-refractivity contribution is 6.08. The quantitative estimate of drug-likeness (QED) is 0.626. The fourth-order valence-corrected chi connectivity index (χ4v) is 1.86. The molecule has 0 bridgehead atoms. The Bertz CT molecular complexity index is 675. The van der Waals surface area contributed by atoms with Crippen LogP contribution in [0.2, 0.25) is 0 Å². The van der Waals surface area contributed by atoms with E-state index in [4.69, 9.17) is 9.47 Å². The van der Waals surface area contributed by atoms with Gasteiger partial charge in [-0.2, -0.15) is 8.78 Å². The van der Waals surface area contributed by atoms with E-state index in [-0.39, 0.29) is 17.2 Å². The SMILES string of the molecule is COc1cc(/C=C2\N=C(C(C)(C)C)OC2=O)ccc1OC(F)F. The van der Waals surface area contributed by atoms with E-state index in [9.17, 15) is 13.6 Å². The normalized spacial score (nSPS) is 16.6. The molecule has 1 aliphatic rings. The number of carbonyl (C=O) groups excluding carboxylic acids is 1. The van der Waals surface area contributed by atoms with Crippen LogP contribution in [0.4, 0.5) is 8.78 Å². The van der Waals surface area contributed by atoms with Gasteiger partial charge >= 0.3 is 12.6 Å². The molecule has 0 spiro atoms. The van der Waals surface area contributed by atoms with Gasteiger partial charge in [0.15, 0.2) is 17.2 Å². The molecule has 1 aromatic carbocycles. The lowest BCUT2D eigenvalue weighted by Gasteiger charge is -2.15. The number of benzene rings is 1. The highest BCUT2D eigenvalue weighted by atomic mass is 19.3. The van der Waals surface area contributed by atoms with Crippen LogP contribution < -0.4 is 9.47 Å². The Labute approximate surface area is 132 Å². The van der Waals surface area contributed by atoms with Gasteiger partial charge in [-0.15, -0.1) is 0 Å². The Morgan fingerprint density at radius 1 is 1.26 bits per heavy atom. The summed E-state index contributed by atoms with van der Waals surface area (Å²) in [7, 11) is 1.34. The standard InChI is InChI=1S/C16H17F2NO4/c1-16(2,3)14-19-10(13(20)23-14)7-9-5-6-11(22-15(17)18)12(8-9)21-4/h5-8,15H,1-4H3/b10-7-. The number of ether oxygens (including phenoxy) is 3. The molecule has 0 saturated carbocycles.